The molecule has 0 radical (unpaired) electrons. The molecule has 16 heavy (non-hydrogen) atoms. The van der Waals surface area contributed by atoms with Gasteiger partial charge < -0.3 is 15.0 Å². The van der Waals surface area contributed by atoms with Crippen LogP contribution in [0.3, 0.4) is 0 Å². The van der Waals surface area contributed by atoms with E-state index in [4.69, 9.17) is 17.0 Å². The van der Waals surface area contributed by atoms with Crippen molar-refractivity contribution in [2.24, 2.45) is 5.92 Å². The Labute approximate surface area is 105 Å². The van der Waals surface area contributed by atoms with Crippen molar-refractivity contribution >= 4 is 17.3 Å². The number of nitrogens with zero attached hydrogens (tertiary/aromatic N) is 1. The highest BCUT2D eigenvalue weighted by atomic mass is 32.1. The summed E-state index contributed by atoms with van der Waals surface area (Å²) in [6.45, 7) is 7.28. The van der Waals surface area contributed by atoms with Gasteiger partial charge in [-0.3, -0.25) is 0 Å². The number of hydrogen-bond acceptors (Lipinski definition) is 2. The van der Waals surface area contributed by atoms with Crippen molar-refractivity contribution in [3.63, 3.8) is 0 Å². The van der Waals surface area contributed by atoms with E-state index in [0.717, 1.165) is 24.1 Å². The van der Waals surface area contributed by atoms with Crippen LogP contribution in [0.25, 0.3) is 0 Å². The average Bonchev–Trinajstić information content (AvgIpc) is 2.67. The fourth-order valence-electron chi connectivity index (χ4n) is 2.25. The number of likely N-dealkylation sites (tertiary alicyclic amines) is 1. The third-order valence-electron chi connectivity index (χ3n) is 3.06. The van der Waals surface area contributed by atoms with Gasteiger partial charge in [0.25, 0.3) is 0 Å². The topological polar surface area (TPSA) is 24.5 Å². The first-order chi connectivity index (χ1) is 7.67. The lowest BCUT2D eigenvalue weighted by Crippen LogP contribution is -2.44. The van der Waals surface area contributed by atoms with E-state index in [9.17, 15) is 0 Å². The fourth-order valence-corrected chi connectivity index (χ4v) is 2.62. The third-order valence-corrected chi connectivity index (χ3v) is 3.43. The zero-order valence-electron chi connectivity index (χ0n) is 10.7. The number of ether oxygens (including phenoxy) is 1. The van der Waals surface area contributed by atoms with Crippen LogP contribution < -0.4 is 5.32 Å². The quantitative estimate of drug-likeness (QED) is 0.748. The van der Waals surface area contributed by atoms with Gasteiger partial charge in [-0.1, -0.05) is 13.3 Å². The Bertz CT molecular complexity index is 223. The standard InChI is InChI=1S/C12H24N2OS/c1-4-5-11-6-7-14(8-11)12(16)13-10(2)9-15-3/h10-11H,4-9H2,1-3H3,(H,13,16). The molecule has 0 aromatic heterocycles. The molecule has 1 heterocycles. The van der Waals surface area contributed by atoms with E-state index in [1.807, 2.05) is 0 Å². The van der Waals surface area contributed by atoms with Gasteiger partial charge in [-0.2, -0.15) is 0 Å². The normalized spacial score (nSPS) is 22.2. The van der Waals surface area contributed by atoms with Gasteiger partial charge in [0.1, 0.15) is 0 Å². The summed E-state index contributed by atoms with van der Waals surface area (Å²) in [5, 5.41) is 4.21. The van der Waals surface area contributed by atoms with Gasteiger partial charge in [0.05, 0.1) is 6.61 Å². The van der Waals surface area contributed by atoms with Crippen molar-refractivity contribution in [1.82, 2.24) is 10.2 Å². The van der Waals surface area contributed by atoms with Gasteiger partial charge in [-0.05, 0) is 37.9 Å². The molecule has 1 N–H and O–H groups in total. The highest BCUT2D eigenvalue weighted by molar-refractivity contribution is 7.80. The molecule has 1 aliphatic rings. The minimum Gasteiger partial charge on any atom is -0.383 e. The minimum atomic E-state index is 0.294. The Morgan fingerprint density at radius 1 is 1.62 bits per heavy atom. The Morgan fingerprint density at radius 3 is 3.00 bits per heavy atom. The van der Waals surface area contributed by atoms with Gasteiger partial charge >= 0.3 is 0 Å². The molecule has 1 rings (SSSR count). The molecule has 3 nitrogen and oxygen atoms in total. The molecule has 0 bridgehead atoms. The van der Waals surface area contributed by atoms with Crippen LogP contribution in [-0.2, 0) is 4.74 Å². The molecule has 0 aromatic carbocycles. The average molecular weight is 244 g/mol. The maximum atomic E-state index is 5.40. The van der Waals surface area contributed by atoms with Crippen molar-refractivity contribution in [3.8, 4) is 0 Å². The molecule has 1 fully saturated rings. The van der Waals surface area contributed by atoms with E-state index in [1.165, 1.54) is 19.3 Å². The zero-order valence-corrected chi connectivity index (χ0v) is 11.5. The molecule has 2 unspecified atom stereocenters. The molecule has 4 heteroatoms. The van der Waals surface area contributed by atoms with E-state index < -0.39 is 0 Å². The van der Waals surface area contributed by atoms with Crippen molar-refractivity contribution in [3.05, 3.63) is 0 Å². The van der Waals surface area contributed by atoms with Crippen LogP contribution in [0, 0.1) is 5.92 Å². The maximum Gasteiger partial charge on any atom is 0.169 e. The van der Waals surface area contributed by atoms with Crippen molar-refractivity contribution < 1.29 is 4.74 Å². The summed E-state index contributed by atoms with van der Waals surface area (Å²) >= 11 is 5.40. The summed E-state index contributed by atoms with van der Waals surface area (Å²) in [6, 6.07) is 0.294. The lowest BCUT2D eigenvalue weighted by molar-refractivity contribution is 0.178. The second kappa shape index (κ2) is 7.07. The van der Waals surface area contributed by atoms with E-state index in [-0.39, 0.29) is 0 Å². The summed E-state index contributed by atoms with van der Waals surface area (Å²) in [5.74, 6) is 0.836. The molecular formula is C12H24N2OS. The smallest absolute Gasteiger partial charge is 0.169 e. The van der Waals surface area contributed by atoms with Crippen LogP contribution in [0.5, 0.6) is 0 Å². The highest BCUT2D eigenvalue weighted by Gasteiger charge is 2.23. The van der Waals surface area contributed by atoms with Crippen molar-refractivity contribution in [1.29, 1.82) is 0 Å². The largest absolute Gasteiger partial charge is 0.383 e. The molecule has 0 aromatic rings. The Morgan fingerprint density at radius 2 is 2.38 bits per heavy atom. The maximum absolute atomic E-state index is 5.40. The number of thiocarbonyl (C=S) groups is 1. The van der Waals surface area contributed by atoms with Gasteiger partial charge in [0, 0.05) is 26.2 Å². The second-order valence-electron chi connectivity index (χ2n) is 4.70. The zero-order chi connectivity index (χ0) is 12.0. The van der Waals surface area contributed by atoms with Crippen molar-refractivity contribution in [2.75, 3.05) is 26.8 Å². The molecular weight excluding hydrogens is 220 g/mol. The predicted molar refractivity (Wildman–Crippen MR) is 71.7 cm³/mol. The summed E-state index contributed by atoms with van der Waals surface area (Å²) in [4.78, 5) is 2.29. The van der Waals surface area contributed by atoms with Crippen LogP contribution in [-0.4, -0.2) is 42.9 Å². The molecule has 1 saturated heterocycles. The first kappa shape index (κ1) is 13.7. The van der Waals surface area contributed by atoms with Gasteiger partial charge in [0.15, 0.2) is 5.11 Å². The first-order valence-corrected chi connectivity index (χ1v) is 6.62. The molecule has 1 aliphatic heterocycles. The number of methoxy groups -OCH3 is 1. The summed E-state index contributed by atoms with van der Waals surface area (Å²) in [7, 11) is 1.72. The summed E-state index contributed by atoms with van der Waals surface area (Å²) in [6.07, 6.45) is 3.89. The van der Waals surface area contributed by atoms with E-state index >= 15 is 0 Å². The molecule has 94 valence electrons. The monoisotopic (exact) mass is 244 g/mol. The van der Waals surface area contributed by atoms with Gasteiger partial charge in [-0.15, -0.1) is 0 Å². The Balaban J connectivity index is 2.27. The molecule has 0 spiro atoms. The highest BCUT2D eigenvalue weighted by Crippen LogP contribution is 2.20. The predicted octanol–water partition coefficient (Wildman–Crippen LogP) is 2.02. The van der Waals surface area contributed by atoms with Gasteiger partial charge in [-0.25, -0.2) is 0 Å². The molecule has 2 atom stereocenters. The van der Waals surface area contributed by atoms with E-state index in [2.05, 4.69) is 24.1 Å². The SMILES string of the molecule is CCCC1CCN(C(=S)NC(C)COC)C1. The van der Waals surface area contributed by atoms with E-state index in [0.29, 0.717) is 12.6 Å². The Kier molecular flexibility index (Phi) is 6.06. The number of rotatable bonds is 5. The lowest BCUT2D eigenvalue weighted by atomic mass is 10.0. The van der Waals surface area contributed by atoms with E-state index in [1.54, 1.807) is 7.11 Å². The van der Waals surface area contributed by atoms with Crippen LogP contribution in [0.15, 0.2) is 0 Å². The summed E-state index contributed by atoms with van der Waals surface area (Å²) in [5.41, 5.74) is 0. The second-order valence-corrected chi connectivity index (χ2v) is 5.08. The van der Waals surface area contributed by atoms with Gasteiger partial charge in [0.2, 0.25) is 0 Å². The molecule has 0 aliphatic carbocycles. The van der Waals surface area contributed by atoms with Crippen LogP contribution in [0.4, 0.5) is 0 Å². The van der Waals surface area contributed by atoms with Crippen LogP contribution in [0.2, 0.25) is 0 Å². The third kappa shape index (κ3) is 4.26. The first-order valence-electron chi connectivity index (χ1n) is 6.21. The number of hydrogen-bond donors (Lipinski definition) is 1. The summed E-state index contributed by atoms with van der Waals surface area (Å²) < 4.78 is 5.09. The van der Waals surface area contributed by atoms with Crippen LogP contribution >= 0.6 is 12.2 Å². The fraction of sp³-hybridized carbons (Fsp3) is 0.917. The molecule has 0 saturated carbocycles. The van der Waals surface area contributed by atoms with Crippen LogP contribution in [0.1, 0.15) is 33.1 Å². The lowest BCUT2D eigenvalue weighted by Gasteiger charge is -2.23. The minimum absolute atomic E-state index is 0.294. The molecule has 0 amide bonds. The van der Waals surface area contributed by atoms with Crippen molar-refractivity contribution in [2.45, 2.75) is 39.2 Å². The Hall–Kier alpha value is -0.350. The number of nitrogens with one attached hydrogen (secondary N) is 1.